The SMILES string of the molecule is COc1ccc(Br)cc1C1SCCN1C(=O)CCc1cccc(C)c1. The van der Waals surface area contributed by atoms with Crippen LogP contribution in [-0.4, -0.2) is 30.2 Å². The fourth-order valence-corrected chi connectivity index (χ4v) is 4.81. The first-order chi connectivity index (χ1) is 12.1. The van der Waals surface area contributed by atoms with Gasteiger partial charge in [-0.2, -0.15) is 0 Å². The van der Waals surface area contributed by atoms with E-state index < -0.39 is 0 Å². The third kappa shape index (κ3) is 4.39. The Bertz CT molecular complexity index is 765. The Kier molecular flexibility index (Phi) is 6.07. The van der Waals surface area contributed by atoms with Gasteiger partial charge in [0.05, 0.1) is 7.11 Å². The summed E-state index contributed by atoms with van der Waals surface area (Å²) in [5.74, 6) is 1.99. The van der Waals surface area contributed by atoms with Gasteiger partial charge in [-0.1, -0.05) is 45.8 Å². The molecule has 1 saturated heterocycles. The summed E-state index contributed by atoms with van der Waals surface area (Å²) in [7, 11) is 1.68. The summed E-state index contributed by atoms with van der Waals surface area (Å²) in [5.41, 5.74) is 3.51. The lowest BCUT2D eigenvalue weighted by Crippen LogP contribution is -2.30. The van der Waals surface area contributed by atoms with Gasteiger partial charge in [0.25, 0.3) is 0 Å². The molecular weight excluding hydrogens is 398 g/mol. The van der Waals surface area contributed by atoms with Gasteiger partial charge in [-0.25, -0.2) is 0 Å². The highest BCUT2D eigenvalue weighted by molar-refractivity contribution is 9.10. The molecule has 1 aliphatic heterocycles. The average molecular weight is 420 g/mol. The number of methoxy groups -OCH3 is 1. The maximum atomic E-state index is 12.8. The number of ether oxygens (including phenoxy) is 1. The number of rotatable bonds is 5. The molecule has 2 aromatic rings. The minimum Gasteiger partial charge on any atom is -0.496 e. The second-order valence-corrected chi connectivity index (χ2v) is 8.29. The molecule has 1 unspecified atom stereocenters. The molecule has 0 spiro atoms. The predicted octanol–water partition coefficient (Wildman–Crippen LogP) is 4.97. The first kappa shape index (κ1) is 18.3. The largest absolute Gasteiger partial charge is 0.496 e. The van der Waals surface area contributed by atoms with Crippen molar-refractivity contribution >= 4 is 33.6 Å². The molecule has 1 fully saturated rings. The maximum absolute atomic E-state index is 12.8. The van der Waals surface area contributed by atoms with Gasteiger partial charge in [-0.05, 0) is 37.1 Å². The van der Waals surface area contributed by atoms with E-state index in [4.69, 9.17) is 4.74 Å². The van der Waals surface area contributed by atoms with Gasteiger partial charge in [-0.3, -0.25) is 4.79 Å². The molecule has 2 aromatic carbocycles. The second-order valence-electron chi connectivity index (χ2n) is 6.19. The number of hydrogen-bond acceptors (Lipinski definition) is 3. The van der Waals surface area contributed by atoms with E-state index in [9.17, 15) is 4.79 Å². The van der Waals surface area contributed by atoms with Crippen molar-refractivity contribution in [3.05, 3.63) is 63.6 Å². The molecule has 0 aromatic heterocycles. The average Bonchev–Trinajstić information content (AvgIpc) is 3.09. The number of carbonyl (C=O) groups excluding carboxylic acids is 1. The van der Waals surface area contributed by atoms with Crippen molar-refractivity contribution in [2.45, 2.75) is 25.1 Å². The van der Waals surface area contributed by atoms with Gasteiger partial charge in [0.2, 0.25) is 5.91 Å². The summed E-state index contributed by atoms with van der Waals surface area (Å²) in [4.78, 5) is 14.8. The Morgan fingerprint density at radius 3 is 2.92 bits per heavy atom. The normalized spacial score (nSPS) is 16.9. The number of amides is 1. The van der Waals surface area contributed by atoms with E-state index in [2.05, 4.69) is 53.2 Å². The van der Waals surface area contributed by atoms with Crippen LogP contribution in [-0.2, 0) is 11.2 Å². The molecule has 0 N–H and O–H groups in total. The number of benzene rings is 2. The minimum atomic E-state index is 0.0254. The molecule has 1 amide bonds. The van der Waals surface area contributed by atoms with Crippen molar-refractivity contribution in [3.8, 4) is 5.75 Å². The van der Waals surface area contributed by atoms with Crippen LogP contribution in [0.5, 0.6) is 5.75 Å². The van der Waals surface area contributed by atoms with Crippen molar-refractivity contribution in [2.75, 3.05) is 19.4 Å². The summed E-state index contributed by atoms with van der Waals surface area (Å²) < 4.78 is 6.51. The Balaban J connectivity index is 1.73. The van der Waals surface area contributed by atoms with Gasteiger partial charge in [-0.15, -0.1) is 11.8 Å². The Morgan fingerprint density at radius 2 is 2.16 bits per heavy atom. The second kappa shape index (κ2) is 8.28. The van der Waals surface area contributed by atoms with Crippen LogP contribution in [0.3, 0.4) is 0 Å². The number of carbonyl (C=O) groups is 1. The lowest BCUT2D eigenvalue weighted by molar-refractivity contribution is -0.131. The van der Waals surface area contributed by atoms with Crippen molar-refractivity contribution in [1.29, 1.82) is 0 Å². The molecule has 0 bridgehead atoms. The lowest BCUT2D eigenvalue weighted by atomic mass is 10.1. The summed E-state index contributed by atoms with van der Waals surface area (Å²) in [5, 5.41) is 0.0254. The van der Waals surface area contributed by atoms with E-state index in [1.54, 1.807) is 18.9 Å². The molecule has 0 radical (unpaired) electrons. The summed E-state index contributed by atoms with van der Waals surface area (Å²) >= 11 is 5.33. The molecule has 3 rings (SSSR count). The van der Waals surface area contributed by atoms with Gasteiger partial charge in [0.15, 0.2) is 0 Å². The summed E-state index contributed by atoms with van der Waals surface area (Å²) in [6.45, 7) is 2.87. The van der Waals surface area contributed by atoms with Gasteiger partial charge in [0.1, 0.15) is 11.1 Å². The zero-order valence-electron chi connectivity index (χ0n) is 14.5. The highest BCUT2D eigenvalue weighted by Gasteiger charge is 2.32. The van der Waals surface area contributed by atoms with Crippen molar-refractivity contribution in [2.24, 2.45) is 0 Å². The van der Waals surface area contributed by atoms with E-state index in [1.165, 1.54) is 11.1 Å². The molecular formula is C20H22BrNO2S. The molecule has 1 heterocycles. The van der Waals surface area contributed by atoms with Crippen LogP contribution in [0.1, 0.15) is 28.5 Å². The highest BCUT2D eigenvalue weighted by atomic mass is 79.9. The molecule has 3 nitrogen and oxygen atoms in total. The third-order valence-corrected chi connectivity index (χ3v) is 6.11. The monoisotopic (exact) mass is 419 g/mol. The van der Waals surface area contributed by atoms with E-state index in [0.717, 1.165) is 34.5 Å². The molecule has 0 saturated carbocycles. The van der Waals surface area contributed by atoms with E-state index in [1.807, 2.05) is 17.0 Å². The molecule has 0 aliphatic carbocycles. The number of nitrogens with zero attached hydrogens (tertiary/aromatic N) is 1. The fourth-order valence-electron chi connectivity index (χ4n) is 3.14. The van der Waals surface area contributed by atoms with Crippen LogP contribution < -0.4 is 4.74 Å². The zero-order valence-corrected chi connectivity index (χ0v) is 16.9. The van der Waals surface area contributed by atoms with Gasteiger partial charge >= 0.3 is 0 Å². The zero-order chi connectivity index (χ0) is 17.8. The Labute approximate surface area is 161 Å². The van der Waals surface area contributed by atoms with Crippen LogP contribution in [0.4, 0.5) is 0 Å². The maximum Gasteiger partial charge on any atom is 0.224 e. The molecule has 1 atom stereocenters. The molecule has 132 valence electrons. The molecule has 5 heteroatoms. The van der Waals surface area contributed by atoms with Crippen LogP contribution in [0.25, 0.3) is 0 Å². The quantitative estimate of drug-likeness (QED) is 0.684. The van der Waals surface area contributed by atoms with Gasteiger partial charge in [0, 0.05) is 28.8 Å². The summed E-state index contributed by atoms with van der Waals surface area (Å²) in [6, 6.07) is 14.4. The van der Waals surface area contributed by atoms with Crippen molar-refractivity contribution in [3.63, 3.8) is 0 Å². The number of thioether (sulfide) groups is 1. The minimum absolute atomic E-state index is 0.0254. The lowest BCUT2D eigenvalue weighted by Gasteiger charge is -2.25. The van der Waals surface area contributed by atoms with Crippen LogP contribution >= 0.6 is 27.7 Å². The van der Waals surface area contributed by atoms with Crippen LogP contribution in [0, 0.1) is 6.92 Å². The standard InChI is InChI=1S/C20H22BrNO2S/c1-14-4-3-5-15(12-14)6-9-19(23)22-10-11-25-20(22)17-13-16(21)7-8-18(17)24-2/h3-5,7-8,12-13,20H,6,9-11H2,1-2H3. The van der Waals surface area contributed by atoms with Crippen molar-refractivity contribution in [1.82, 2.24) is 4.90 Å². The van der Waals surface area contributed by atoms with Gasteiger partial charge < -0.3 is 9.64 Å². The topological polar surface area (TPSA) is 29.5 Å². The smallest absolute Gasteiger partial charge is 0.224 e. The summed E-state index contributed by atoms with van der Waals surface area (Å²) in [6.07, 6.45) is 1.32. The van der Waals surface area contributed by atoms with E-state index in [-0.39, 0.29) is 11.3 Å². The number of aryl methyl sites for hydroxylation is 2. The van der Waals surface area contributed by atoms with Crippen LogP contribution in [0.15, 0.2) is 46.9 Å². The Hall–Kier alpha value is -1.46. The number of halogens is 1. The van der Waals surface area contributed by atoms with Crippen LogP contribution in [0.2, 0.25) is 0 Å². The third-order valence-electron chi connectivity index (χ3n) is 4.38. The highest BCUT2D eigenvalue weighted by Crippen LogP contribution is 2.43. The number of hydrogen-bond donors (Lipinski definition) is 0. The first-order valence-corrected chi connectivity index (χ1v) is 10.2. The van der Waals surface area contributed by atoms with Crippen molar-refractivity contribution < 1.29 is 9.53 Å². The van der Waals surface area contributed by atoms with E-state index in [0.29, 0.717) is 6.42 Å². The fraction of sp³-hybridized carbons (Fsp3) is 0.350. The molecule has 25 heavy (non-hydrogen) atoms. The first-order valence-electron chi connectivity index (χ1n) is 8.38. The molecule has 1 aliphatic rings. The van der Waals surface area contributed by atoms with E-state index >= 15 is 0 Å². The Morgan fingerprint density at radius 1 is 1.32 bits per heavy atom. The predicted molar refractivity (Wildman–Crippen MR) is 107 cm³/mol.